The van der Waals surface area contributed by atoms with Crippen LogP contribution in [0.1, 0.15) is 13.3 Å². The number of rotatable bonds is 0. The van der Waals surface area contributed by atoms with Crippen molar-refractivity contribution >= 4 is 17.2 Å². The lowest BCUT2D eigenvalue weighted by atomic mass is 10.2. The van der Waals surface area contributed by atoms with E-state index in [-0.39, 0.29) is 12.6 Å². The summed E-state index contributed by atoms with van der Waals surface area (Å²) in [6.07, 6.45) is -2.73. The zero-order valence-corrected chi connectivity index (χ0v) is 6.88. The Morgan fingerprint density at radius 1 is 1.73 bits per heavy atom. The van der Waals surface area contributed by atoms with Gasteiger partial charge in [-0.2, -0.15) is 8.78 Å². The number of ether oxygens (including phenoxy) is 1. The number of halogens is 2. The standard InChI is InChI=1S/C6H9F2NOS/c1-4-2-3-10-6(7,8)5(11)9-4/h4H,2-3H2,1H3,(H,9,11). The second-order valence-electron chi connectivity index (χ2n) is 2.53. The molecule has 1 aliphatic rings. The summed E-state index contributed by atoms with van der Waals surface area (Å²) >= 11 is 4.42. The van der Waals surface area contributed by atoms with Crippen LogP contribution < -0.4 is 5.32 Å². The van der Waals surface area contributed by atoms with E-state index >= 15 is 0 Å². The smallest absolute Gasteiger partial charge is 0.370 e. The molecule has 0 aromatic heterocycles. The SMILES string of the molecule is CC1CCOC(F)(F)C(=S)N1. The van der Waals surface area contributed by atoms with E-state index in [0.29, 0.717) is 6.42 Å². The predicted octanol–water partition coefficient (Wildman–Crippen LogP) is 1.30. The number of nitrogens with one attached hydrogen (secondary N) is 1. The summed E-state index contributed by atoms with van der Waals surface area (Å²) in [4.78, 5) is -0.512. The molecule has 1 saturated heterocycles. The van der Waals surface area contributed by atoms with Crippen molar-refractivity contribution in [1.82, 2.24) is 5.32 Å². The molecule has 0 radical (unpaired) electrons. The Bertz CT molecular complexity index is 174. The molecule has 0 spiro atoms. The first-order valence-corrected chi connectivity index (χ1v) is 3.76. The van der Waals surface area contributed by atoms with Gasteiger partial charge in [0.05, 0.1) is 6.61 Å². The molecular weight excluding hydrogens is 172 g/mol. The van der Waals surface area contributed by atoms with Crippen LogP contribution in [-0.4, -0.2) is 23.7 Å². The third kappa shape index (κ3) is 2.07. The fourth-order valence-electron chi connectivity index (χ4n) is 0.809. The van der Waals surface area contributed by atoms with Gasteiger partial charge in [-0.05, 0) is 13.3 Å². The Balaban J connectivity index is 2.66. The minimum Gasteiger partial charge on any atom is -0.370 e. The lowest BCUT2D eigenvalue weighted by molar-refractivity contribution is -0.179. The van der Waals surface area contributed by atoms with E-state index in [2.05, 4.69) is 22.3 Å². The topological polar surface area (TPSA) is 21.3 Å². The molecule has 1 aliphatic heterocycles. The average Bonchev–Trinajstić information content (AvgIpc) is 1.94. The molecule has 5 heteroatoms. The van der Waals surface area contributed by atoms with E-state index in [1.54, 1.807) is 6.92 Å². The van der Waals surface area contributed by atoms with Crippen molar-refractivity contribution in [2.75, 3.05) is 6.61 Å². The lowest BCUT2D eigenvalue weighted by Crippen LogP contribution is -2.40. The van der Waals surface area contributed by atoms with Gasteiger partial charge in [-0.15, -0.1) is 0 Å². The molecule has 1 rings (SSSR count). The lowest BCUT2D eigenvalue weighted by Gasteiger charge is -2.15. The predicted molar refractivity (Wildman–Crippen MR) is 40.7 cm³/mol. The van der Waals surface area contributed by atoms with Gasteiger partial charge in [-0.3, -0.25) is 0 Å². The van der Waals surface area contributed by atoms with Crippen molar-refractivity contribution in [3.63, 3.8) is 0 Å². The maximum absolute atomic E-state index is 12.6. The summed E-state index contributed by atoms with van der Waals surface area (Å²) in [6, 6.07) is -0.0316. The van der Waals surface area contributed by atoms with Crippen molar-refractivity contribution in [3.8, 4) is 0 Å². The van der Waals surface area contributed by atoms with Crippen molar-refractivity contribution in [2.24, 2.45) is 0 Å². The molecule has 0 aromatic carbocycles. The maximum Gasteiger partial charge on any atom is 0.407 e. The molecular formula is C6H9F2NOS. The van der Waals surface area contributed by atoms with Gasteiger partial charge in [-0.1, -0.05) is 12.2 Å². The average molecular weight is 181 g/mol. The molecule has 0 saturated carbocycles. The van der Waals surface area contributed by atoms with E-state index in [1.807, 2.05) is 0 Å². The molecule has 0 aliphatic carbocycles. The molecule has 0 aromatic rings. The highest BCUT2D eigenvalue weighted by Gasteiger charge is 2.38. The number of thiocarbonyl (C=S) groups is 1. The van der Waals surface area contributed by atoms with E-state index in [0.717, 1.165) is 0 Å². The van der Waals surface area contributed by atoms with Gasteiger partial charge < -0.3 is 10.1 Å². The summed E-state index contributed by atoms with van der Waals surface area (Å²) in [5, 5.41) is 2.49. The first kappa shape index (κ1) is 8.80. The normalized spacial score (nSPS) is 30.8. The Hall–Kier alpha value is -0.290. The van der Waals surface area contributed by atoms with Crippen LogP contribution >= 0.6 is 12.2 Å². The second kappa shape index (κ2) is 2.98. The highest BCUT2D eigenvalue weighted by atomic mass is 32.1. The Morgan fingerprint density at radius 3 is 3.00 bits per heavy atom. The van der Waals surface area contributed by atoms with Crippen LogP contribution in [0.3, 0.4) is 0 Å². The van der Waals surface area contributed by atoms with E-state index in [9.17, 15) is 8.78 Å². The zero-order chi connectivity index (χ0) is 8.48. The minimum absolute atomic E-state index is 0.0316. The summed E-state index contributed by atoms with van der Waals surface area (Å²) in [5.41, 5.74) is 0. The third-order valence-electron chi connectivity index (χ3n) is 1.48. The first-order chi connectivity index (χ1) is 5.02. The van der Waals surface area contributed by atoms with Crippen LogP contribution in [-0.2, 0) is 4.74 Å². The van der Waals surface area contributed by atoms with Gasteiger partial charge >= 0.3 is 6.11 Å². The Morgan fingerprint density at radius 2 is 2.36 bits per heavy atom. The molecule has 1 atom stereocenters. The van der Waals surface area contributed by atoms with Gasteiger partial charge in [0.2, 0.25) is 0 Å². The minimum atomic E-state index is -3.28. The summed E-state index contributed by atoms with van der Waals surface area (Å²) in [6.45, 7) is 1.83. The van der Waals surface area contributed by atoms with Crippen LogP contribution in [0.15, 0.2) is 0 Å². The van der Waals surface area contributed by atoms with E-state index < -0.39 is 11.1 Å². The first-order valence-electron chi connectivity index (χ1n) is 3.35. The van der Waals surface area contributed by atoms with E-state index in [4.69, 9.17) is 0 Å². The molecule has 2 nitrogen and oxygen atoms in total. The zero-order valence-electron chi connectivity index (χ0n) is 6.06. The van der Waals surface area contributed by atoms with Crippen LogP contribution in [0.25, 0.3) is 0 Å². The molecule has 0 amide bonds. The molecule has 1 N–H and O–H groups in total. The van der Waals surface area contributed by atoms with Gasteiger partial charge in [-0.25, -0.2) is 0 Å². The van der Waals surface area contributed by atoms with Crippen LogP contribution in [0.5, 0.6) is 0 Å². The number of hydrogen-bond donors (Lipinski definition) is 1. The van der Waals surface area contributed by atoms with Crippen molar-refractivity contribution in [3.05, 3.63) is 0 Å². The van der Waals surface area contributed by atoms with Gasteiger partial charge in [0.15, 0.2) is 4.99 Å². The summed E-state index contributed by atoms with van der Waals surface area (Å²) in [5.74, 6) is 0. The van der Waals surface area contributed by atoms with Crippen molar-refractivity contribution in [2.45, 2.75) is 25.5 Å². The Labute approximate surface area is 68.9 Å². The van der Waals surface area contributed by atoms with Crippen LogP contribution in [0, 0.1) is 0 Å². The summed E-state index contributed by atoms with van der Waals surface area (Å²) < 4.78 is 29.4. The molecule has 11 heavy (non-hydrogen) atoms. The third-order valence-corrected chi connectivity index (χ3v) is 1.83. The fourth-order valence-corrected chi connectivity index (χ4v) is 1.07. The molecule has 1 fully saturated rings. The molecule has 1 heterocycles. The quantitative estimate of drug-likeness (QED) is 0.569. The Kier molecular flexibility index (Phi) is 2.39. The fraction of sp³-hybridized carbons (Fsp3) is 0.833. The largest absolute Gasteiger partial charge is 0.407 e. The van der Waals surface area contributed by atoms with Crippen LogP contribution in [0.2, 0.25) is 0 Å². The maximum atomic E-state index is 12.6. The molecule has 1 unspecified atom stereocenters. The number of alkyl halides is 2. The van der Waals surface area contributed by atoms with Crippen molar-refractivity contribution in [1.29, 1.82) is 0 Å². The highest BCUT2D eigenvalue weighted by Crippen LogP contribution is 2.20. The summed E-state index contributed by atoms with van der Waals surface area (Å²) in [7, 11) is 0. The highest BCUT2D eigenvalue weighted by molar-refractivity contribution is 7.80. The van der Waals surface area contributed by atoms with Crippen LogP contribution in [0.4, 0.5) is 8.78 Å². The van der Waals surface area contributed by atoms with Gasteiger partial charge in [0.1, 0.15) is 0 Å². The number of hydrogen-bond acceptors (Lipinski definition) is 2. The van der Waals surface area contributed by atoms with Crippen molar-refractivity contribution < 1.29 is 13.5 Å². The van der Waals surface area contributed by atoms with E-state index in [1.165, 1.54) is 0 Å². The second-order valence-corrected chi connectivity index (χ2v) is 2.94. The molecule has 64 valence electrons. The van der Waals surface area contributed by atoms with Gasteiger partial charge in [0.25, 0.3) is 0 Å². The molecule has 0 bridgehead atoms. The van der Waals surface area contributed by atoms with Gasteiger partial charge in [0, 0.05) is 6.04 Å². The monoisotopic (exact) mass is 181 g/mol.